The molecule has 25 heavy (non-hydrogen) atoms. The molecular weight excluding hydrogens is 324 g/mol. The summed E-state index contributed by atoms with van der Waals surface area (Å²) >= 11 is 0. The molecule has 128 valence electrons. The minimum Gasteiger partial charge on any atom is -0.486 e. The lowest BCUT2D eigenvalue weighted by molar-refractivity contribution is 0.0981. The van der Waals surface area contributed by atoms with Crippen molar-refractivity contribution in [3.05, 3.63) is 29.7 Å². The summed E-state index contributed by atoms with van der Waals surface area (Å²) in [4.78, 5) is 12.4. The summed E-state index contributed by atoms with van der Waals surface area (Å²) < 4.78 is 11.1. The zero-order valence-corrected chi connectivity index (χ0v) is 13.6. The van der Waals surface area contributed by atoms with Crippen LogP contribution in [0.25, 0.3) is 5.57 Å². The molecule has 0 saturated carbocycles. The Bertz CT molecular complexity index is 838. The number of benzene rings is 1. The number of tetrazole rings is 1. The third-order valence-corrected chi connectivity index (χ3v) is 3.54. The molecule has 3 rings (SSSR count). The molecule has 0 atom stereocenters. The summed E-state index contributed by atoms with van der Waals surface area (Å²) in [5.41, 5.74) is 1.18. The zero-order valence-electron chi connectivity index (χ0n) is 13.6. The summed E-state index contributed by atoms with van der Waals surface area (Å²) in [5, 5.41) is 25.5. The number of hydrogen-bond acceptors (Lipinski definition) is 8. The number of ketones is 1. The number of ether oxygens (including phenoxy) is 2. The van der Waals surface area contributed by atoms with Crippen molar-refractivity contribution in [1.29, 1.82) is 5.26 Å². The van der Waals surface area contributed by atoms with Gasteiger partial charge in [0.15, 0.2) is 17.3 Å². The number of nitrogens with zero attached hydrogens (tertiary/aromatic N) is 4. The monoisotopic (exact) mass is 340 g/mol. The third-order valence-electron chi connectivity index (χ3n) is 3.54. The maximum Gasteiger partial charge on any atom is 0.216 e. The largest absolute Gasteiger partial charge is 0.486 e. The fraction of sp³-hybridized carbons (Fsp3) is 0.312. The SMILES string of the molecule is CCCC(=O)c1cc2c(cc1NC=C(C#N)c1nn[nH]n1)OCCO2. The van der Waals surface area contributed by atoms with E-state index in [9.17, 15) is 10.1 Å². The van der Waals surface area contributed by atoms with Crippen molar-refractivity contribution in [3.8, 4) is 17.6 Å². The van der Waals surface area contributed by atoms with E-state index in [-0.39, 0.29) is 17.2 Å². The molecule has 1 aromatic carbocycles. The van der Waals surface area contributed by atoms with Crippen LogP contribution >= 0.6 is 0 Å². The Labute approximate surface area is 143 Å². The highest BCUT2D eigenvalue weighted by molar-refractivity contribution is 6.02. The van der Waals surface area contributed by atoms with Crippen LogP contribution in [-0.2, 0) is 0 Å². The molecule has 0 spiro atoms. The molecule has 0 amide bonds. The number of carbonyl (C=O) groups excluding carboxylic acids is 1. The van der Waals surface area contributed by atoms with Gasteiger partial charge in [-0.3, -0.25) is 4.79 Å². The minimum atomic E-state index is -0.0200. The molecule has 0 radical (unpaired) electrons. The zero-order chi connectivity index (χ0) is 17.6. The molecule has 0 fully saturated rings. The highest BCUT2D eigenvalue weighted by Gasteiger charge is 2.19. The van der Waals surface area contributed by atoms with E-state index in [1.165, 1.54) is 6.20 Å². The first-order chi connectivity index (χ1) is 12.2. The van der Waals surface area contributed by atoms with Gasteiger partial charge in [-0.1, -0.05) is 6.92 Å². The summed E-state index contributed by atoms with van der Waals surface area (Å²) in [6.07, 6.45) is 2.57. The summed E-state index contributed by atoms with van der Waals surface area (Å²) in [6.45, 7) is 2.82. The van der Waals surface area contributed by atoms with Gasteiger partial charge in [0.05, 0.1) is 5.69 Å². The molecule has 1 aromatic heterocycles. The lowest BCUT2D eigenvalue weighted by atomic mass is 10.0. The molecule has 2 N–H and O–H groups in total. The van der Waals surface area contributed by atoms with Gasteiger partial charge in [0.1, 0.15) is 24.9 Å². The first-order valence-electron chi connectivity index (χ1n) is 7.80. The van der Waals surface area contributed by atoms with Gasteiger partial charge in [0, 0.05) is 24.3 Å². The summed E-state index contributed by atoms with van der Waals surface area (Å²) in [7, 11) is 0. The molecule has 2 heterocycles. The number of anilines is 1. The fourth-order valence-electron chi connectivity index (χ4n) is 2.37. The van der Waals surface area contributed by atoms with E-state index in [1.807, 2.05) is 13.0 Å². The van der Waals surface area contributed by atoms with Crippen LogP contribution < -0.4 is 14.8 Å². The molecule has 0 aliphatic carbocycles. The van der Waals surface area contributed by atoms with Crippen LogP contribution in [0.5, 0.6) is 11.5 Å². The molecule has 2 aromatic rings. The predicted octanol–water partition coefficient (Wildman–Crippen LogP) is 1.93. The quantitative estimate of drug-likeness (QED) is 0.603. The standard InChI is InChI=1S/C16H16N6O3/c1-2-3-13(23)11-6-14-15(25-5-4-24-14)7-12(11)18-9-10(8-17)16-19-21-22-20-16/h6-7,9,18H,2-5H2,1H3,(H,19,20,21,22). The van der Waals surface area contributed by atoms with Gasteiger partial charge >= 0.3 is 0 Å². The molecule has 9 nitrogen and oxygen atoms in total. The molecule has 9 heteroatoms. The van der Waals surface area contributed by atoms with Gasteiger partial charge < -0.3 is 14.8 Å². The van der Waals surface area contributed by atoms with Crippen molar-refractivity contribution in [2.45, 2.75) is 19.8 Å². The molecular formula is C16H16N6O3. The Morgan fingerprint density at radius 3 is 2.80 bits per heavy atom. The number of rotatable bonds is 6. The van der Waals surface area contributed by atoms with Gasteiger partial charge in [0.2, 0.25) is 5.82 Å². The number of carbonyl (C=O) groups is 1. The number of fused-ring (bicyclic) bond motifs is 1. The first-order valence-corrected chi connectivity index (χ1v) is 7.80. The number of aromatic amines is 1. The number of hydrogen-bond donors (Lipinski definition) is 2. The second-order valence-corrected chi connectivity index (χ2v) is 5.26. The normalized spacial score (nSPS) is 13.2. The average Bonchev–Trinajstić information content (AvgIpc) is 3.16. The van der Waals surface area contributed by atoms with E-state index in [0.717, 1.165) is 6.42 Å². The number of Topliss-reactive ketones (excluding diaryl/α,β-unsaturated/α-hetero) is 1. The maximum atomic E-state index is 12.4. The Morgan fingerprint density at radius 1 is 1.40 bits per heavy atom. The fourth-order valence-corrected chi connectivity index (χ4v) is 2.37. The van der Waals surface area contributed by atoms with Crippen molar-refractivity contribution in [1.82, 2.24) is 20.6 Å². The molecule has 0 saturated heterocycles. The van der Waals surface area contributed by atoms with Crippen LogP contribution in [0.3, 0.4) is 0 Å². The topological polar surface area (TPSA) is 126 Å². The van der Waals surface area contributed by atoms with Crippen LogP contribution in [-0.4, -0.2) is 39.6 Å². The summed E-state index contributed by atoms with van der Waals surface area (Å²) in [5.74, 6) is 1.23. The maximum absolute atomic E-state index is 12.4. The number of allylic oxidation sites excluding steroid dienone is 1. The molecule has 0 unspecified atom stereocenters. The second kappa shape index (κ2) is 7.44. The number of aromatic nitrogens is 4. The van der Waals surface area contributed by atoms with Crippen molar-refractivity contribution in [3.63, 3.8) is 0 Å². The minimum absolute atomic E-state index is 0.0200. The van der Waals surface area contributed by atoms with Gasteiger partial charge in [-0.15, -0.1) is 10.2 Å². The number of nitriles is 1. The van der Waals surface area contributed by atoms with Gasteiger partial charge in [-0.25, -0.2) is 0 Å². The molecule has 1 aliphatic rings. The highest BCUT2D eigenvalue weighted by atomic mass is 16.6. The predicted molar refractivity (Wildman–Crippen MR) is 88.1 cm³/mol. The van der Waals surface area contributed by atoms with Crippen molar-refractivity contribution in [2.75, 3.05) is 18.5 Å². The first kappa shape index (κ1) is 16.4. The van der Waals surface area contributed by atoms with Crippen LogP contribution in [0.1, 0.15) is 35.9 Å². The summed E-state index contributed by atoms with van der Waals surface area (Å²) in [6, 6.07) is 5.35. The number of nitrogens with one attached hydrogen (secondary N) is 2. The van der Waals surface area contributed by atoms with E-state index in [1.54, 1.807) is 12.1 Å². The van der Waals surface area contributed by atoms with Crippen LogP contribution in [0.2, 0.25) is 0 Å². The Morgan fingerprint density at radius 2 is 2.16 bits per heavy atom. The van der Waals surface area contributed by atoms with E-state index < -0.39 is 0 Å². The number of H-pyrrole nitrogens is 1. The Kier molecular flexibility index (Phi) is 4.89. The second-order valence-electron chi connectivity index (χ2n) is 5.26. The van der Waals surface area contributed by atoms with E-state index in [2.05, 4.69) is 25.9 Å². The Hall–Kier alpha value is -3.41. The van der Waals surface area contributed by atoms with Crippen LogP contribution in [0.4, 0.5) is 5.69 Å². The molecule has 0 bridgehead atoms. The van der Waals surface area contributed by atoms with Crippen molar-refractivity contribution in [2.24, 2.45) is 0 Å². The lowest BCUT2D eigenvalue weighted by Crippen LogP contribution is -2.16. The average molecular weight is 340 g/mol. The van der Waals surface area contributed by atoms with Crippen molar-refractivity contribution < 1.29 is 14.3 Å². The van der Waals surface area contributed by atoms with E-state index in [4.69, 9.17) is 9.47 Å². The lowest BCUT2D eigenvalue weighted by Gasteiger charge is -2.21. The highest BCUT2D eigenvalue weighted by Crippen LogP contribution is 2.36. The third kappa shape index (κ3) is 3.58. The van der Waals surface area contributed by atoms with Crippen LogP contribution in [0, 0.1) is 11.3 Å². The van der Waals surface area contributed by atoms with E-state index in [0.29, 0.717) is 42.4 Å². The van der Waals surface area contributed by atoms with Gasteiger partial charge in [-0.05, 0) is 17.7 Å². The van der Waals surface area contributed by atoms with Crippen molar-refractivity contribution >= 4 is 17.0 Å². The van der Waals surface area contributed by atoms with E-state index >= 15 is 0 Å². The van der Waals surface area contributed by atoms with Gasteiger partial charge in [-0.2, -0.15) is 10.5 Å². The van der Waals surface area contributed by atoms with Crippen LogP contribution in [0.15, 0.2) is 18.3 Å². The molecule has 1 aliphatic heterocycles. The Balaban J connectivity index is 1.96. The van der Waals surface area contributed by atoms with Gasteiger partial charge in [0.25, 0.3) is 0 Å². The smallest absolute Gasteiger partial charge is 0.216 e.